The van der Waals surface area contributed by atoms with Gasteiger partial charge in [0.05, 0.1) is 13.2 Å². The van der Waals surface area contributed by atoms with Crippen molar-refractivity contribution in [2.45, 2.75) is 25.9 Å². The van der Waals surface area contributed by atoms with E-state index in [4.69, 9.17) is 10.5 Å². The Morgan fingerprint density at radius 3 is 2.78 bits per heavy atom. The topological polar surface area (TPSA) is 55.6 Å². The lowest BCUT2D eigenvalue weighted by atomic mass is 9.99. The van der Waals surface area contributed by atoms with Crippen LogP contribution in [0.2, 0.25) is 0 Å². The largest absolute Gasteiger partial charge is 0.497 e. The van der Waals surface area contributed by atoms with Crippen molar-refractivity contribution < 1.29 is 9.53 Å². The fourth-order valence-corrected chi connectivity index (χ4v) is 2.14. The molecule has 100 valence electrons. The van der Waals surface area contributed by atoms with Gasteiger partial charge in [-0.3, -0.25) is 4.79 Å². The maximum atomic E-state index is 11.8. The number of fused-ring (bicyclic) bond motifs is 1. The maximum Gasteiger partial charge on any atom is 0.239 e. The van der Waals surface area contributed by atoms with Crippen LogP contribution < -0.4 is 10.5 Å². The van der Waals surface area contributed by atoms with Crippen LogP contribution in [-0.2, 0) is 17.8 Å². The molecule has 2 rings (SSSR count). The van der Waals surface area contributed by atoms with E-state index in [0.717, 1.165) is 24.3 Å². The zero-order valence-corrected chi connectivity index (χ0v) is 11.5. The Labute approximate surface area is 114 Å². The van der Waals surface area contributed by atoms with Crippen molar-refractivity contribution in [2.75, 3.05) is 13.7 Å². The van der Waals surface area contributed by atoms with E-state index >= 15 is 0 Å². The summed E-state index contributed by atoms with van der Waals surface area (Å²) in [4.78, 5) is 13.6. The third-order valence-corrected chi connectivity index (χ3v) is 3.13. The summed E-state index contributed by atoms with van der Waals surface area (Å²) in [5, 5.41) is 0. The highest BCUT2D eigenvalue weighted by molar-refractivity contribution is 5.85. The lowest BCUT2D eigenvalue weighted by Gasteiger charge is -2.30. The summed E-state index contributed by atoms with van der Waals surface area (Å²) in [7, 11) is 1.65. The van der Waals surface area contributed by atoms with Crippen LogP contribution in [0, 0.1) is 0 Å². The third kappa shape index (κ3) is 2.94. The molecular formula is C13H19ClN2O2. The molecule has 0 saturated carbocycles. The van der Waals surface area contributed by atoms with Crippen LogP contribution in [0.3, 0.4) is 0 Å². The second-order valence-electron chi connectivity index (χ2n) is 4.43. The van der Waals surface area contributed by atoms with Crippen LogP contribution in [0.15, 0.2) is 18.2 Å². The zero-order valence-electron chi connectivity index (χ0n) is 10.7. The summed E-state index contributed by atoms with van der Waals surface area (Å²) in [5.41, 5.74) is 8.08. The Hall–Kier alpha value is -1.26. The average Bonchev–Trinajstić information content (AvgIpc) is 2.36. The number of benzene rings is 1. The molecule has 4 nitrogen and oxygen atoms in total. The Morgan fingerprint density at radius 2 is 2.17 bits per heavy atom. The molecule has 0 bridgehead atoms. The van der Waals surface area contributed by atoms with Gasteiger partial charge in [0.2, 0.25) is 5.91 Å². The van der Waals surface area contributed by atoms with Crippen molar-refractivity contribution in [2.24, 2.45) is 5.73 Å². The van der Waals surface area contributed by atoms with Gasteiger partial charge in [0.1, 0.15) is 5.75 Å². The molecule has 0 aromatic heterocycles. The van der Waals surface area contributed by atoms with E-state index in [-0.39, 0.29) is 18.3 Å². The first kappa shape index (κ1) is 14.8. The summed E-state index contributed by atoms with van der Waals surface area (Å²) in [6, 6.07) is 5.60. The molecule has 5 heteroatoms. The van der Waals surface area contributed by atoms with Crippen LogP contribution in [-0.4, -0.2) is 30.5 Å². The Balaban J connectivity index is 0.00000162. The highest BCUT2D eigenvalue weighted by atomic mass is 35.5. The van der Waals surface area contributed by atoms with Gasteiger partial charge in [0, 0.05) is 13.1 Å². The van der Waals surface area contributed by atoms with Crippen LogP contribution in [0.4, 0.5) is 0 Å². The number of carbonyl (C=O) groups is 1. The lowest BCUT2D eigenvalue weighted by molar-refractivity contribution is -0.133. The quantitative estimate of drug-likeness (QED) is 0.883. The number of hydrogen-bond acceptors (Lipinski definition) is 3. The number of halogens is 1. The molecule has 1 aromatic rings. The lowest BCUT2D eigenvalue weighted by Crippen LogP contribution is -2.44. The maximum absolute atomic E-state index is 11.8. The third-order valence-electron chi connectivity index (χ3n) is 3.13. The van der Waals surface area contributed by atoms with E-state index in [1.807, 2.05) is 17.0 Å². The van der Waals surface area contributed by atoms with Gasteiger partial charge in [-0.2, -0.15) is 0 Å². The summed E-state index contributed by atoms with van der Waals surface area (Å²) in [6.45, 7) is 3.11. The van der Waals surface area contributed by atoms with E-state index in [2.05, 4.69) is 6.07 Å². The zero-order chi connectivity index (χ0) is 12.4. The Morgan fingerprint density at radius 1 is 1.44 bits per heavy atom. The minimum atomic E-state index is -0.429. The molecule has 0 radical (unpaired) electrons. The standard InChI is InChI=1S/C13H18N2O2.ClH/c1-9(14)13(16)15-6-5-10-3-4-12(17-2)7-11(10)8-15;/h3-4,7,9H,5-6,8,14H2,1-2H3;1H. The molecule has 1 amide bonds. The molecule has 1 heterocycles. The summed E-state index contributed by atoms with van der Waals surface area (Å²) < 4.78 is 5.20. The monoisotopic (exact) mass is 270 g/mol. The number of methoxy groups -OCH3 is 1. The highest BCUT2D eigenvalue weighted by Crippen LogP contribution is 2.23. The van der Waals surface area contributed by atoms with Gasteiger partial charge < -0.3 is 15.4 Å². The van der Waals surface area contributed by atoms with Crippen molar-refractivity contribution >= 4 is 18.3 Å². The minimum absolute atomic E-state index is 0. The van der Waals surface area contributed by atoms with E-state index < -0.39 is 6.04 Å². The number of rotatable bonds is 2. The van der Waals surface area contributed by atoms with Crippen molar-refractivity contribution in [3.8, 4) is 5.75 Å². The minimum Gasteiger partial charge on any atom is -0.497 e. The molecule has 2 N–H and O–H groups in total. The molecule has 0 spiro atoms. The van der Waals surface area contributed by atoms with Gasteiger partial charge in [0.25, 0.3) is 0 Å². The second kappa shape index (κ2) is 6.07. The Bertz CT molecular complexity index is 435. The van der Waals surface area contributed by atoms with E-state index in [1.54, 1.807) is 14.0 Å². The van der Waals surface area contributed by atoms with Crippen molar-refractivity contribution in [1.82, 2.24) is 4.90 Å². The van der Waals surface area contributed by atoms with Crippen LogP contribution in [0.1, 0.15) is 18.1 Å². The van der Waals surface area contributed by atoms with Crippen molar-refractivity contribution in [3.63, 3.8) is 0 Å². The second-order valence-corrected chi connectivity index (χ2v) is 4.43. The number of hydrogen-bond donors (Lipinski definition) is 1. The predicted octanol–water partition coefficient (Wildman–Crippen LogP) is 1.35. The van der Waals surface area contributed by atoms with Crippen LogP contribution in [0.5, 0.6) is 5.75 Å². The molecule has 1 aliphatic heterocycles. The van der Waals surface area contributed by atoms with Gasteiger partial charge in [-0.05, 0) is 36.6 Å². The molecule has 1 atom stereocenters. The molecule has 1 unspecified atom stereocenters. The van der Waals surface area contributed by atoms with E-state index in [9.17, 15) is 4.79 Å². The first-order valence-electron chi connectivity index (χ1n) is 5.82. The molecule has 18 heavy (non-hydrogen) atoms. The highest BCUT2D eigenvalue weighted by Gasteiger charge is 2.22. The normalized spacial score (nSPS) is 15.4. The fraction of sp³-hybridized carbons (Fsp3) is 0.462. The summed E-state index contributed by atoms with van der Waals surface area (Å²) in [5.74, 6) is 0.845. The number of carbonyl (C=O) groups excluding carboxylic acids is 1. The van der Waals surface area contributed by atoms with Gasteiger partial charge in [-0.25, -0.2) is 0 Å². The van der Waals surface area contributed by atoms with Gasteiger partial charge in [0.15, 0.2) is 0 Å². The molecule has 0 aliphatic carbocycles. The molecule has 1 aliphatic rings. The Kier molecular flexibility index (Phi) is 4.99. The smallest absolute Gasteiger partial charge is 0.239 e. The molecule has 0 saturated heterocycles. The fourth-order valence-electron chi connectivity index (χ4n) is 2.14. The van der Waals surface area contributed by atoms with Crippen molar-refractivity contribution in [1.29, 1.82) is 0 Å². The average molecular weight is 271 g/mol. The van der Waals surface area contributed by atoms with Gasteiger partial charge in [-0.1, -0.05) is 6.07 Å². The number of amides is 1. The van der Waals surface area contributed by atoms with Gasteiger partial charge >= 0.3 is 0 Å². The SMILES string of the molecule is COc1ccc2c(c1)CN(C(=O)C(C)N)CC2.Cl. The summed E-state index contributed by atoms with van der Waals surface area (Å²) in [6.07, 6.45) is 0.887. The number of nitrogens with two attached hydrogens (primary N) is 1. The van der Waals surface area contributed by atoms with E-state index in [0.29, 0.717) is 6.54 Å². The number of nitrogens with zero attached hydrogens (tertiary/aromatic N) is 1. The number of ether oxygens (including phenoxy) is 1. The van der Waals surface area contributed by atoms with E-state index in [1.165, 1.54) is 5.56 Å². The summed E-state index contributed by atoms with van der Waals surface area (Å²) >= 11 is 0. The van der Waals surface area contributed by atoms with Gasteiger partial charge in [-0.15, -0.1) is 12.4 Å². The van der Waals surface area contributed by atoms with Crippen molar-refractivity contribution in [3.05, 3.63) is 29.3 Å². The molecular weight excluding hydrogens is 252 g/mol. The molecule has 0 fully saturated rings. The molecule has 1 aromatic carbocycles. The van der Waals surface area contributed by atoms with Crippen LogP contribution >= 0.6 is 12.4 Å². The first-order chi connectivity index (χ1) is 8.11. The van der Waals surface area contributed by atoms with Crippen LogP contribution in [0.25, 0.3) is 0 Å². The first-order valence-corrected chi connectivity index (χ1v) is 5.82. The predicted molar refractivity (Wildman–Crippen MR) is 73.0 cm³/mol.